The van der Waals surface area contributed by atoms with Crippen LogP contribution in [0.2, 0.25) is 0 Å². The predicted molar refractivity (Wildman–Crippen MR) is 52.9 cm³/mol. The van der Waals surface area contributed by atoms with Crippen LogP contribution in [0.1, 0.15) is 18.1 Å². The monoisotopic (exact) mass is 161 g/mol. The van der Waals surface area contributed by atoms with Crippen LogP contribution in [0.25, 0.3) is 0 Å². The van der Waals surface area contributed by atoms with Gasteiger partial charge >= 0.3 is 0 Å². The molecule has 0 radical (unpaired) electrons. The standard InChI is InChI=1S/C11H15N/c1-3-10-5-7-11(8-6-10)9-12-4-2/h4-8,12H,2-3,9H2,1H3. The maximum Gasteiger partial charge on any atom is 0.0395 e. The number of nitrogens with one attached hydrogen (secondary N) is 1. The molecule has 0 spiro atoms. The van der Waals surface area contributed by atoms with Crippen molar-refractivity contribution < 1.29 is 0 Å². The third-order valence-electron chi connectivity index (χ3n) is 1.88. The first-order chi connectivity index (χ1) is 5.86. The van der Waals surface area contributed by atoms with Crippen molar-refractivity contribution in [1.29, 1.82) is 0 Å². The minimum absolute atomic E-state index is 0.869. The molecule has 0 aliphatic heterocycles. The third kappa shape index (κ3) is 2.42. The zero-order valence-electron chi connectivity index (χ0n) is 7.51. The minimum Gasteiger partial charge on any atom is -0.387 e. The molecule has 64 valence electrons. The summed E-state index contributed by atoms with van der Waals surface area (Å²) in [6.07, 6.45) is 2.82. The highest BCUT2D eigenvalue weighted by Gasteiger charge is 1.90. The Morgan fingerprint density at radius 3 is 2.33 bits per heavy atom. The number of rotatable bonds is 4. The van der Waals surface area contributed by atoms with Gasteiger partial charge in [-0.3, -0.25) is 0 Å². The molecule has 0 bridgehead atoms. The molecule has 0 aromatic heterocycles. The fraction of sp³-hybridized carbons (Fsp3) is 0.273. The maximum atomic E-state index is 3.60. The maximum absolute atomic E-state index is 3.60. The molecule has 0 aliphatic carbocycles. The molecule has 0 amide bonds. The summed E-state index contributed by atoms with van der Waals surface area (Å²) < 4.78 is 0. The summed E-state index contributed by atoms with van der Waals surface area (Å²) in [5.41, 5.74) is 2.68. The van der Waals surface area contributed by atoms with E-state index in [1.807, 2.05) is 0 Å². The molecule has 0 saturated carbocycles. The summed E-state index contributed by atoms with van der Waals surface area (Å²) in [6.45, 7) is 6.63. The molecule has 1 aromatic rings. The van der Waals surface area contributed by atoms with Gasteiger partial charge in [0.2, 0.25) is 0 Å². The summed E-state index contributed by atoms with van der Waals surface area (Å²) >= 11 is 0. The summed E-state index contributed by atoms with van der Waals surface area (Å²) in [5.74, 6) is 0. The van der Waals surface area contributed by atoms with E-state index in [0.717, 1.165) is 13.0 Å². The lowest BCUT2D eigenvalue weighted by Gasteiger charge is -2.01. The van der Waals surface area contributed by atoms with Crippen molar-refractivity contribution in [2.45, 2.75) is 19.9 Å². The zero-order chi connectivity index (χ0) is 8.81. The van der Waals surface area contributed by atoms with Gasteiger partial charge in [0.25, 0.3) is 0 Å². The Bertz CT molecular complexity index is 236. The predicted octanol–water partition coefficient (Wildman–Crippen LogP) is 2.48. The molecule has 0 heterocycles. The first-order valence-corrected chi connectivity index (χ1v) is 4.29. The summed E-state index contributed by atoms with van der Waals surface area (Å²) in [7, 11) is 0. The molecule has 1 aromatic carbocycles. The average Bonchev–Trinajstić information content (AvgIpc) is 2.15. The first kappa shape index (κ1) is 8.85. The highest BCUT2D eigenvalue weighted by molar-refractivity contribution is 5.22. The molecular weight excluding hydrogens is 146 g/mol. The van der Waals surface area contributed by atoms with E-state index in [9.17, 15) is 0 Å². The molecule has 12 heavy (non-hydrogen) atoms. The van der Waals surface area contributed by atoms with Crippen LogP contribution in [0.5, 0.6) is 0 Å². The quantitative estimate of drug-likeness (QED) is 0.715. The smallest absolute Gasteiger partial charge is 0.0395 e. The van der Waals surface area contributed by atoms with Gasteiger partial charge in [-0.1, -0.05) is 37.8 Å². The van der Waals surface area contributed by atoms with Crippen LogP contribution in [0, 0.1) is 0 Å². The normalized spacial score (nSPS) is 9.42. The Morgan fingerprint density at radius 2 is 1.83 bits per heavy atom. The van der Waals surface area contributed by atoms with Gasteiger partial charge in [-0.05, 0) is 23.7 Å². The lowest BCUT2D eigenvalue weighted by Crippen LogP contribution is -2.03. The number of hydrogen-bond acceptors (Lipinski definition) is 1. The molecule has 0 atom stereocenters. The van der Waals surface area contributed by atoms with Gasteiger partial charge in [-0.25, -0.2) is 0 Å². The lowest BCUT2D eigenvalue weighted by atomic mass is 10.1. The Labute approximate surface area is 74.1 Å². The van der Waals surface area contributed by atoms with E-state index in [0.29, 0.717) is 0 Å². The second-order valence-corrected chi connectivity index (χ2v) is 2.76. The largest absolute Gasteiger partial charge is 0.387 e. The molecule has 1 heteroatoms. The average molecular weight is 161 g/mol. The SMILES string of the molecule is C=CNCc1ccc(CC)cc1. The van der Waals surface area contributed by atoms with E-state index in [1.165, 1.54) is 11.1 Å². The van der Waals surface area contributed by atoms with Gasteiger partial charge in [0, 0.05) is 6.54 Å². The van der Waals surface area contributed by atoms with Gasteiger partial charge in [0.1, 0.15) is 0 Å². The lowest BCUT2D eigenvalue weighted by molar-refractivity contribution is 0.871. The van der Waals surface area contributed by atoms with Gasteiger partial charge in [-0.2, -0.15) is 0 Å². The highest BCUT2D eigenvalue weighted by atomic mass is 14.8. The van der Waals surface area contributed by atoms with E-state index in [-0.39, 0.29) is 0 Å². The number of aryl methyl sites for hydroxylation is 1. The van der Waals surface area contributed by atoms with Gasteiger partial charge in [0.15, 0.2) is 0 Å². The zero-order valence-corrected chi connectivity index (χ0v) is 7.51. The van der Waals surface area contributed by atoms with Crippen molar-refractivity contribution in [1.82, 2.24) is 5.32 Å². The molecule has 0 aliphatic rings. The summed E-state index contributed by atoms with van der Waals surface area (Å²) in [4.78, 5) is 0. The van der Waals surface area contributed by atoms with E-state index in [2.05, 4.69) is 43.1 Å². The van der Waals surface area contributed by atoms with Crippen molar-refractivity contribution in [3.05, 3.63) is 48.2 Å². The fourth-order valence-electron chi connectivity index (χ4n) is 1.08. The molecular formula is C11H15N. The van der Waals surface area contributed by atoms with Crippen LogP contribution in [-0.4, -0.2) is 0 Å². The van der Waals surface area contributed by atoms with Crippen LogP contribution >= 0.6 is 0 Å². The molecule has 0 unspecified atom stereocenters. The molecule has 0 saturated heterocycles. The van der Waals surface area contributed by atoms with Gasteiger partial charge in [0.05, 0.1) is 0 Å². The van der Waals surface area contributed by atoms with Gasteiger partial charge in [-0.15, -0.1) is 0 Å². The highest BCUT2D eigenvalue weighted by Crippen LogP contribution is 2.04. The Balaban J connectivity index is 2.58. The second-order valence-electron chi connectivity index (χ2n) is 2.76. The van der Waals surface area contributed by atoms with Crippen LogP contribution < -0.4 is 5.32 Å². The molecule has 1 rings (SSSR count). The Hall–Kier alpha value is -1.24. The number of hydrogen-bond donors (Lipinski definition) is 1. The molecule has 1 nitrogen and oxygen atoms in total. The number of benzene rings is 1. The van der Waals surface area contributed by atoms with Gasteiger partial charge < -0.3 is 5.32 Å². The Morgan fingerprint density at radius 1 is 1.25 bits per heavy atom. The van der Waals surface area contributed by atoms with E-state index in [1.54, 1.807) is 6.20 Å². The van der Waals surface area contributed by atoms with Crippen LogP contribution in [0.3, 0.4) is 0 Å². The van der Waals surface area contributed by atoms with Crippen molar-refractivity contribution in [2.75, 3.05) is 0 Å². The van der Waals surface area contributed by atoms with Crippen molar-refractivity contribution in [2.24, 2.45) is 0 Å². The molecule has 1 N–H and O–H groups in total. The summed E-state index contributed by atoms with van der Waals surface area (Å²) in [5, 5.41) is 3.07. The van der Waals surface area contributed by atoms with Crippen molar-refractivity contribution in [3.8, 4) is 0 Å². The topological polar surface area (TPSA) is 12.0 Å². The Kier molecular flexibility index (Phi) is 3.39. The second kappa shape index (κ2) is 4.60. The molecule has 0 fully saturated rings. The van der Waals surface area contributed by atoms with Crippen molar-refractivity contribution in [3.63, 3.8) is 0 Å². The fourth-order valence-corrected chi connectivity index (χ4v) is 1.08. The first-order valence-electron chi connectivity index (χ1n) is 4.29. The van der Waals surface area contributed by atoms with Crippen molar-refractivity contribution >= 4 is 0 Å². The summed E-state index contributed by atoms with van der Waals surface area (Å²) in [6, 6.07) is 8.63. The third-order valence-corrected chi connectivity index (χ3v) is 1.88. The van der Waals surface area contributed by atoms with E-state index < -0.39 is 0 Å². The van der Waals surface area contributed by atoms with Crippen LogP contribution in [-0.2, 0) is 13.0 Å². The van der Waals surface area contributed by atoms with Crippen LogP contribution in [0.15, 0.2) is 37.0 Å². The van der Waals surface area contributed by atoms with E-state index in [4.69, 9.17) is 0 Å². The van der Waals surface area contributed by atoms with Crippen LogP contribution in [0.4, 0.5) is 0 Å². The van der Waals surface area contributed by atoms with E-state index >= 15 is 0 Å². The minimum atomic E-state index is 0.869.